The van der Waals surface area contributed by atoms with E-state index in [0.29, 0.717) is 42.7 Å². The molecule has 5 aliphatic rings. The fraction of sp³-hybridized carbons (Fsp3) is 0.659. The van der Waals surface area contributed by atoms with E-state index in [-0.39, 0.29) is 45.7 Å². The summed E-state index contributed by atoms with van der Waals surface area (Å²) in [6, 6.07) is 20.9. The van der Waals surface area contributed by atoms with Crippen LogP contribution in [0.25, 0.3) is 0 Å². The van der Waals surface area contributed by atoms with Gasteiger partial charge in [0.1, 0.15) is 0 Å². The molecule has 0 spiro atoms. The van der Waals surface area contributed by atoms with E-state index in [1.807, 2.05) is 6.07 Å². The summed E-state index contributed by atoms with van der Waals surface area (Å²) < 4.78 is 6.69. The van der Waals surface area contributed by atoms with Crippen LogP contribution in [0.4, 0.5) is 0 Å². The highest BCUT2D eigenvalue weighted by molar-refractivity contribution is 5.84. The fourth-order valence-corrected chi connectivity index (χ4v) is 13.5. The van der Waals surface area contributed by atoms with Gasteiger partial charge >= 0.3 is 0 Å². The van der Waals surface area contributed by atoms with Gasteiger partial charge in [0.05, 0.1) is 24.7 Å². The maximum absolute atomic E-state index is 14.4. The normalized spacial score (nSPS) is 43.3. The first-order valence-corrected chi connectivity index (χ1v) is 19.2. The Morgan fingerprint density at radius 1 is 0.812 bits per heavy atom. The van der Waals surface area contributed by atoms with Crippen molar-refractivity contribution in [3.8, 4) is 0 Å². The topological polar surface area (TPSA) is 58.6 Å². The number of hydrogen-bond donors (Lipinski definition) is 2. The molecule has 5 fully saturated rings. The van der Waals surface area contributed by atoms with Crippen molar-refractivity contribution in [3.63, 3.8) is 0 Å². The number of aliphatic hydroxyl groups excluding tert-OH is 1. The van der Waals surface area contributed by atoms with E-state index in [1.54, 1.807) is 0 Å². The minimum atomic E-state index is -0.295. The van der Waals surface area contributed by atoms with E-state index < -0.39 is 0 Å². The van der Waals surface area contributed by atoms with Crippen molar-refractivity contribution < 1.29 is 14.6 Å². The number of aliphatic hydroxyl groups is 1. The van der Waals surface area contributed by atoms with Gasteiger partial charge in [-0.2, -0.15) is 0 Å². The van der Waals surface area contributed by atoms with Crippen molar-refractivity contribution in [2.24, 2.45) is 56.7 Å². The van der Waals surface area contributed by atoms with Crippen LogP contribution in [0, 0.1) is 56.7 Å². The molecule has 0 saturated heterocycles. The van der Waals surface area contributed by atoms with E-state index in [4.69, 9.17) is 4.74 Å². The number of allylic oxidation sites excluding steroid dienone is 1. The fourth-order valence-electron chi connectivity index (χ4n) is 13.5. The van der Waals surface area contributed by atoms with Gasteiger partial charge in [-0.05, 0) is 128 Å². The van der Waals surface area contributed by atoms with Crippen molar-refractivity contribution in [2.75, 3.05) is 6.61 Å². The second-order valence-corrected chi connectivity index (χ2v) is 18.0. The first kappa shape index (κ1) is 34.0. The van der Waals surface area contributed by atoms with Crippen LogP contribution in [-0.4, -0.2) is 23.7 Å². The standard InChI is InChI=1S/C44H61NO3/c1-30(2)33-19-24-44(39(47)45-27-31-13-9-7-10-14-31)26-25-42(5)34(38(33)44)17-18-36-40(3)22-21-37(48-28-32-15-11-8-12-16-32)41(4,29-46)35(40)20-23-43(36,42)6/h7-16,33-38,46H,1,17-29H2,2-6H3,(H,45,47)/t33-,34?,35?,36?,37-,38?,40-,41-,42+,43+,44-/m0/s1. The van der Waals surface area contributed by atoms with Gasteiger partial charge in [0.25, 0.3) is 0 Å². The molecule has 1 amide bonds. The number of amides is 1. The van der Waals surface area contributed by atoms with Crippen LogP contribution in [-0.2, 0) is 22.7 Å². The average Bonchev–Trinajstić information content (AvgIpc) is 3.49. The lowest BCUT2D eigenvalue weighted by molar-refractivity contribution is -0.258. The molecular weight excluding hydrogens is 590 g/mol. The lowest BCUT2D eigenvalue weighted by atomic mass is 9.32. The third-order valence-corrected chi connectivity index (χ3v) is 16.2. The Bertz CT molecular complexity index is 1490. The summed E-state index contributed by atoms with van der Waals surface area (Å²) in [5.74, 6) is 2.63. The molecule has 5 saturated carbocycles. The highest BCUT2D eigenvalue weighted by Crippen LogP contribution is 2.77. The minimum absolute atomic E-state index is 0.0663. The largest absolute Gasteiger partial charge is 0.396 e. The minimum Gasteiger partial charge on any atom is -0.396 e. The molecule has 4 unspecified atom stereocenters. The second-order valence-electron chi connectivity index (χ2n) is 18.0. The van der Waals surface area contributed by atoms with E-state index in [9.17, 15) is 9.90 Å². The summed E-state index contributed by atoms with van der Waals surface area (Å²) in [6.07, 6.45) is 11.2. The Kier molecular flexibility index (Phi) is 8.80. The number of carbonyl (C=O) groups excluding carboxylic acids is 1. The van der Waals surface area contributed by atoms with E-state index in [0.717, 1.165) is 44.9 Å². The van der Waals surface area contributed by atoms with Crippen molar-refractivity contribution in [1.82, 2.24) is 5.32 Å². The van der Waals surface area contributed by atoms with E-state index >= 15 is 0 Å². The predicted molar refractivity (Wildman–Crippen MR) is 194 cm³/mol. The Morgan fingerprint density at radius 3 is 2.17 bits per heavy atom. The summed E-state index contributed by atoms with van der Waals surface area (Å²) in [7, 11) is 0. The zero-order chi connectivity index (χ0) is 34.0. The third kappa shape index (κ3) is 5.01. The number of hydrogen-bond acceptors (Lipinski definition) is 3. The summed E-state index contributed by atoms with van der Waals surface area (Å²) in [4.78, 5) is 14.4. The van der Waals surface area contributed by atoms with Crippen molar-refractivity contribution in [1.29, 1.82) is 0 Å². The first-order chi connectivity index (χ1) is 22.9. The summed E-state index contributed by atoms with van der Waals surface area (Å²) in [5, 5.41) is 14.6. The number of carbonyl (C=O) groups is 1. The predicted octanol–water partition coefficient (Wildman–Crippen LogP) is 9.52. The van der Waals surface area contributed by atoms with Gasteiger partial charge in [0, 0.05) is 12.0 Å². The lowest BCUT2D eigenvalue weighted by Gasteiger charge is -2.73. The van der Waals surface area contributed by atoms with Gasteiger partial charge in [-0.15, -0.1) is 0 Å². The molecule has 0 bridgehead atoms. The number of rotatable bonds is 8. The molecule has 2 N–H and O–H groups in total. The van der Waals surface area contributed by atoms with Crippen LogP contribution in [0.15, 0.2) is 72.8 Å². The Balaban J connectivity index is 1.16. The summed E-state index contributed by atoms with van der Waals surface area (Å²) in [6.45, 7) is 18.4. The molecule has 2 aromatic carbocycles. The molecule has 0 aliphatic heterocycles. The van der Waals surface area contributed by atoms with Gasteiger partial charge in [-0.25, -0.2) is 0 Å². The molecule has 4 nitrogen and oxygen atoms in total. The lowest BCUT2D eigenvalue weighted by Crippen LogP contribution is -2.68. The van der Waals surface area contributed by atoms with Crippen LogP contribution in [0.5, 0.6) is 0 Å². The summed E-state index contributed by atoms with van der Waals surface area (Å²) in [5.41, 5.74) is 3.63. The highest BCUT2D eigenvalue weighted by atomic mass is 16.5. The van der Waals surface area contributed by atoms with Crippen LogP contribution in [0.1, 0.15) is 110 Å². The van der Waals surface area contributed by atoms with Crippen molar-refractivity contribution in [2.45, 2.75) is 118 Å². The smallest absolute Gasteiger partial charge is 0.226 e. The number of fused-ring (bicyclic) bond motifs is 7. The molecule has 0 aromatic heterocycles. The molecular formula is C44H61NO3. The summed E-state index contributed by atoms with van der Waals surface area (Å²) >= 11 is 0. The van der Waals surface area contributed by atoms with E-state index in [1.165, 1.54) is 36.0 Å². The monoisotopic (exact) mass is 651 g/mol. The molecule has 11 atom stereocenters. The molecule has 0 heterocycles. The van der Waals surface area contributed by atoms with Crippen molar-refractivity contribution >= 4 is 5.91 Å². The van der Waals surface area contributed by atoms with Gasteiger partial charge in [0.15, 0.2) is 0 Å². The Hall–Kier alpha value is -2.43. The van der Waals surface area contributed by atoms with Gasteiger partial charge in [0.2, 0.25) is 5.91 Å². The second kappa shape index (κ2) is 12.4. The molecule has 260 valence electrons. The molecule has 2 aromatic rings. The van der Waals surface area contributed by atoms with Gasteiger partial charge in [-0.3, -0.25) is 4.79 Å². The van der Waals surface area contributed by atoms with Crippen LogP contribution in [0.3, 0.4) is 0 Å². The quantitative estimate of drug-likeness (QED) is 0.280. The average molecular weight is 652 g/mol. The maximum Gasteiger partial charge on any atom is 0.226 e. The van der Waals surface area contributed by atoms with Crippen molar-refractivity contribution in [3.05, 3.63) is 83.9 Å². The van der Waals surface area contributed by atoms with Gasteiger partial charge < -0.3 is 15.2 Å². The van der Waals surface area contributed by atoms with Gasteiger partial charge in [-0.1, -0.05) is 101 Å². The zero-order valence-corrected chi connectivity index (χ0v) is 30.4. The molecule has 4 heteroatoms. The Labute approximate surface area is 290 Å². The maximum atomic E-state index is 14.4. The van der Waals surface area contributed by atoms with Crippen LogP contribution in [0.2, 0.25) is 0 Å². The first-order valence-electron chi connectivity index (χ1n) is 19.2. The van der Waals surface area contributed by atoms with Crippen LogP contribution >= 0.6 is 0 Å². The molecule has 0 radical (unpaired) electrons. The SMILES string of the molecule is C=C(C)[C@@H]1CC[C@]2(C(=O)NCc3ccccc3)CC[C@]3(C)C(CCC4[C@@]5(C)CC[C@H](OCc6ccccc6)[C@@](C)(CO)C5CC[C@]43C)C12. The van der Waals surface area contributed by atoms with Crippen LogP contribution < -0.4 is 5.32 Å². The molecule has 48 heavy (non-hydrogen) atoms. The molecule has 5 aliphatic carbocycles. The number of benzene rings is 2. The highest BCUT2D eigenvalue weighted by Gasteiger charge is 2.72. The molecule has 7 rings (SSSR count). The van der Waals surface area contributed by atoms with E-state index in [2.05, 4.69) is 101 Å². The third-order valence-electron chi connectivity index (χ3n) is 16.2. The zero-order valence-electron chi connectivity index (χ0n) is 30.4. The number of nitrogens with one attached hydrogen (secondary N) is 1. The Morgan fingerprint density at radius 2 is 1.50 bits per heavy atom. The number of ether oxygens (including phenoxy) is 1.